The molecule has 1 nitrogen and oxygen atoms in total. The van der Waals surface area contributed by atoms with Gasteiger partial charge in [-0.25, -0.2) is 0 Å². The maximum atomic E-state index is 9.08. The van der Waals surface area contributed by atoms with E-state index < -0.39 is 0 Å². The molecule has 1 radical (unpaired) electrons. The molecular weight excluding hydrogens is 196 g/mol. The molecule has 0 aliphatic rings. The summed E-state index contributed by atoms with van der Waals surface area (Å²) in [5, 5.41) is 13.7. The standard InChI is InChI=1S/C15H11O/c16-10-11-5-6-14-8-12-3-1-2-4-13(12)9-15(14)7-11/h1-6,8-9,16H,10H2. The average molecular weight is 207 g/mol. The van der Waals surface area contributed by atoms with Crippen molar-refractivity contribution in [1.82, 2.24) is 0 Å². The van der Waals surface area contributed by atoms with Crippen molar-refractivity contribution in [3.8, 4) is 0 Å². The minimum Gasteiger partial charge on any atom is -0.392 e. The molecule has 0 amide bonds. The molecule has 0 heterocycles. The number of fused-ring (bicyclic) bond motifs is 2. The molecule has 0 fully saturated rings. The fraction of sp³-hybridized carbons (Fsp3) is 0.0667. The highest BCUT2D eigenvalue weighted by Gasteiger charge is 1.99. The van der Waals surface area contributed by atoms with Crippen molar-refractivity contribution in [2.45, 2.75) is 6.61 Å². The lowest BCUT2D eigenvalue weighted by Gasteiger charge is -2.03. The number of benzene rings is 3. The highest BCUT2D eigenvalue weighted by molar-refractivity contribution is 5.98. The van der Waals surface area contributed by atoms with Gasteiger partial charge in [0, 0.05) is 0 Å². The van der Waals surface area contributed by atoms with E-state index in [1.54, 1.807) is 0 Å². The Kier molecular flexibility index (Phi) is 2.12. The van der Waals surface area contributed by atoms with Crippen molar-refractivity contribution in [3.05, 3.63) is 60.2 Å². The maximum Gasteiger partial charge on any atom is 0.0688 e. The highest BCUT2D eigenvalue weighted by atomic mass is 16.3. The van der Waals surface area contributed by atoms with Gasteiger partial charge in [-0.15, -0.1) is 0 Å². The summed E-state index contributed by atoms with van der Waals surface area (Å²) in [5.74, 6) is 0. The Hall–Kier alpha value is -1.86. The van der Waals surface area contributed by atoms with E-state index in [-0.39, 0.29) is 6.61 Å². The molecule has 77 valence electrons. The third kappa shape index (κ3) is 1.46. The van der Waals surface area contributed by atoms with Crippen LogP contribution in [-0.4, -0.2) is 5.11 Å². The fourth-order valence-electron chi connectivity index (χ4n) is 2.00. The van der Waals surface area contributed by atoms with Crippen molar-refractivity contribution in [3.63, 3.8) is 0 Å². The topological polar surface area (TPSA) is 20.2 Å². The molecule has 0 aromatic heterocycles. The normalized spacial score (nSPS) is 11.1. The van der Waals surface area contributed by atoms with Crippen molar-refractivity contribution in [2.24, 2.45) is 0 Å². The third-order valence-corrected chi connectivity index (χ3v) is 2.85. The fourth-order valence-corrected chi connectivity index (χ4v) is 2.00. The first-order chi connectivity index (χ1) is 7.86. The van der Waals surface area contributed by atoms with Gasteiger partial charge in [0.25, 0.3) is 0 Å². The summed E-state index contributed by atoms with van der Waals surface area (Å²) in [6.45, 7) is 0.0444. The van der Waals surface area contributed by atoms with E-state index in [1.165, 1.54) is 10.8 Å². The predicted octanol–water partition coefficient (Wildman–Crippen LogP) is 3.29. The van der Waals surface area contributed by atoms with Gasteiger partial charge in [0.05, 0.1) is 6.61 Å². The molecule has 0 saturated heterocycles. The minimum absolute atomic E-state index is 0.0444. The van der Waals surface area contributed by atoms with Gasteiger partial charge in [-0.2, -0.15) is 0 Å². The predicted molar refractivity (Wildman–Crippen MR) is 66.2 cm³/mol. The molecule has 1 N–H and O–H groups in total. The van der Waals surface area contributed by atoms with Crippen LogP contribution >= 0.6 is 0 Å². The first-order valence-electron chi connectivity index (χ1n) is 5.31. The Morgan fingerprint density at radius 2 is 1.62 bits per heavy atom. The van der Waals surface area contributed by atoms with Crippen LogP contribution in [-0.2, 0) is 6.61 Å². The summed E-state index contributed by atoms with van der Waals surface area (Å²) >= 11 is 0. The van der Waals surface area contributed by atoms with Gasteiger partial charge in [-0.1, -0.05) is 36.4 Å². The summed E-state index contributed by atoms with van der Waals surface area (Å²) in [7, 11) is 0. The van der Waals surface area contributed by atoms with Crippen molar-refractivity contribution >= 4 is 21.5 Å². The lowest BCUT2D eigenvalue weighted by atomic mass is 10.0. The van der Waals surface area contributed by atoms with Crippen LogP contribution in [0.4, 0.5) is 0 Å². The van der Waals surface area contributed by atoms with Crippen molar-refractivity contribution in [1.29, 1.82) is 0 Å². The lowest BCUT2D eigenvalue weighted by molar-refractivity contribution is 0.282. The van der Waals surface area contributed by atoms with Gasteiger partial charge >= 0.3 is 0 Å². The summed E-state index contributed by atoms with van der Waals surface area (Å²) in [6.07, 6.45) is 0. The molecule has 0 atom stereocenters. The second-order valence-electron chi connectivity index (χ2n) is 3.93. The van der Waals surface area contributed by atoms with Gasteiger partial charge in [-0.3, -0.25) is 0 Å². The van der Waals surface area contributed by atoms with Crippen molar-refractivity contribution in [2.75, 3.05) is 0 Å². The van der Waals surface area contributed by atoms with E-state index in [9.17, 15) is 0 Å². The second-order valence-corrected chi connectivity index (χ2v) is 3.93. The molecule has 0 aliphatic carbocycles. The summed E-state index contributed by atoms with van der Waals surface area (Å²) in [4.78, 5) is 0. The van der Waals surface area contributed by atoms with E-state index in [2.05, 4.69) is 30.3 Å². The van der Waals surface area contributed by atoms with E-state index >= 15 is 0 Å². The molecule has 3 rings (SSSR count). The summed E-state index contributed by atoms with van der Waals surface area (Å²) in [6, 6.07) is 19.7. The van der Waals surface area contributed by atoms with Gasteiger partial charge in [-0.05, 0) is 45.3 Å². The summed E-state index contributed by atoms with van der Waals surface area (Å²) < 4.78 is 0. The number of hydrogen-bond acceptors (Lipinski definition) is 1. The lowest BCUT2D eigenvalue weighted by Crippen LogP contribution is -1.83. The van der Waals surface area contributed by atoms with Crippen LogP contribution in [0.5, 0.6) is 0 Å². The largest absolute Gasteiger partial charge is 0.392 e. The van der Waals surface area contributed by atoms with E-state index in [0.717, 1.165) is 16.3 Å². The SMILES string of the molecule is OCc1[c]c2cc3ccccc3cc2cc1. The summed E-state index contributed by atoms with van der Waals surface area (Å²) in [5.41, 5.74) is 0.836. The molecule has 0 unspecified atom stereocenters. The monoisotopic (exact) mass is 207 g/mol. The molecule has 3 aromatic carbocycles. The highest BCUT2D eigenvalue weighted by Crippen LogP contribution is 2.23. The number of hydrogen-bond donors (Lipinski definition) is 1. The molecule has 0 bridgehead atoms. The van der Waals surface area contributed by atoms with Crippen LogP contribution in [0.1, 0.15) is 5.56 Å². The molecule has 1 heteroatoms. The average Bonchev–Trinajstić information content (AvgIpc) is 2.35. The number of rotatable bonds is 1. The molecule has 3 aromatic rings. The smallest absolute Gasteiger partial charge is 0.0688 e. The third-order valence-electron chi connectivity index (χ3n) is 2.85. The Labute approximate surface area is 94.0 Å². The second kappa shape index (κ2) is 3.62. The molecule has 0 aliphatic heterocycles. The Morgan fingerprint density at radius 1 is 0.875 bits per heavy atom. The molecule has 16 heavy (non-hydrogen) atoms. The maximum absolute atomic E-state index is 9.08. The zero-order chi connectivity index (χ0) is 11.0. The van der Waals surface area contributed by atoms with Crippen LogP contribution in [0.15, 0.2) is 48.5 Å². The Balaban J connectivity index is 2.37. The number of aliphatic hydroxyl groups excluding tert-OH is 1. The zero-order valence-electron chi connectivity index (χ0n) is 8.77. The Bertz CT molecular complexity index is 656. The van der Waals surface area contributed by atoms with Gasteiger partial charge < -0.3 is 5.11 Å². The first kappa shape index (κ1) is 9.37. The minimum atomic E-state index is 0.0444. The van der Waals surface area contributed by atoms with E-state index in [4.69, 9.17) is 5.11 Å². The van der Waals surface area contributed by atoms with Crippen LogP contribution in [0.25, 0.3) is 21.5 Å². The quantitative estimate of drug-likeness (QED) is 0.607. The van der Waals surface area contributed by atoms with E-state index in [1.807, 2.05) is 24.3 Å². The molecular formula is C15H11O. The zero-order valence-corrected chi connectivity index (χ0v) is 8.77. The Morgan fingerprint density at radius 3 is 2.38 bits per heavy atom. The van der Waals surface area contributed by atoms with E-state index in [0.29, 0.717) is 0 Å². The molecule has 0 saturated carbocycles. The van der Waals surface area contributed by atoms with Gasteiger partial charge in [0.1, 0.15) is 0 Å². The van der Waals surface area contributed by atoms with Crippen LogP contribution in [0.2, 0.25) is 0 Å². The van der Waals surface area contributed by atoms with Gasteiger partial charge in [0.15, 0.2) is 0 Å². The van der Waals surface area contributed by atoms with Crippen LogP contribution < -0.4 is 0 Å². The van der Waals surface area contributed by atoms with Gasteiger partial charge in [0.2, 0.25) is 0 Å². The number of aliphatic hydroxyl groups is 1. The van der Waals surface area contributed by atoms with Crippen LogP contribution in [0, 0.1) is 6.07 Å². The van der Waals surface area contributed by atoms with Crippen molar-refractivity contribution < 1.29 is 5.11 Å². The molecule has 0 spiro atoms. The first-order valence-corrected chi connectivity index (χ1v) is 5.31. The van der Waals surface area contributed by atoms with Crippen LogP contribution in [0.3, 0.4) is 0 Å².